The maximum Gasteiger partial charge on any atom is 0.131 e. The van der Waals surface area contributed by atoms with E-state index in [4.69, 9.17) is 15.2 Å². The molecule has 0 unspecified atom stereocenters. The van der Waals surface area contributed by atoms with Crippen LogP contribution in [0.15, 0.2) is 30.5 Å². The van der Waals surface area contributed by atoms with Crippen molar-refractivity contribution >= 4 is 0 Å². The van der Waals surface area contributed by atoms with Crippen LogP contribution in [0.2, 0.25) is 0 Å². The van der Waals surface area contributed by atoms with E-state index >= 15 is 0 Å². The number of ether oxygens (including phenoxy) is 2. The number of aromatic nitrogens is 1. The molecule has 0 radical (unpaired) electrons. The first-order chi connectivity index (χ1) is 10.0. The van der Waals surface area contributed by atoms with Gasteiger partial charge in [0.25, 0.3) is 0 Å². The molecule has 4 nitrogen and oxygen atoms in total. The molecule has 112 valence electrons. The number of rotatable bonds is 5. The molecule has 0 aliphatic carbocycles. The van der Waals surface area contributed by atoms with E-state index in [0.717, 1.165) is 33.9 Å². The second kappa shape index (κ2) is 6.59. The monoisotopic (exact) mass is 286 g/mol. The molecule has 0 bridgehead atoms. The third-order valence-electron chi connectivity index (χ3n) is 3.52. The summed E-state index contributed by atoms with van der Waals surface area (Å²) in [5.74, 6) is 1.66. The molecule has 1 atom stereocenters. The van der Waals surface area contributed by atoms with Crippen LogP contribution in [-0.4, -0.2) is 12.1 Å². The topological polar surface area (TPSA) is 57.4 Å². The minimum absolute atomic E-state index is 0.0668. The van der Waals surface area contributed by atoms with Crippen LogP contribution in [0.1, 0.15) is 35.3 Å². The minimum atomic E-state index is -0.0668. The fourth-order valence-corrected chi connectivity index (χ4v) is 2.35. The van der Waals surface area contributed by atoms with E-state index in [1.807, 2.05) is 51.2 Å². The summed E-state index contributed by atoms with van der Waals surface area (Å²) in [7, 11) is 1.67. The Balaban J connectivity index is 2.21. The van der Waals surface area contributed by atoms with Crippen molar-refractivity contribution in [2.75, 3.05) is 7.11 Å². The summed E-state index contributed by atoms with van der Waals surface area (Å²) in [5.41, 5.74) is 9.86. The van der Waals surface area contributed by atoms with Crippen LogP contribution in [-0.2, 0) is 6.61 Å². The van der Waals surface area contributed by atoms with Gasteiger partial charge in [-0.05, 0) is 26.8 Å². The highest BCUT2D eigenvalue weighted by Crippen LogP contribution is 2.27. The van der Waals surface area contributed by atoms with E-state index in [2.05, 4.69) is 4.98 Å². The Labute approximate surface area is 125 Å². The van der Waals surface area contributed by atoms with Gasteiger partial charge >= 0.3 is 0 Å². The molecule has 0 fully saturated rings. The number of methoxy groups -OCH3 is 1. The first-order valence-corrected chi connectivity index (χ1v) is 7.01. The normalized spacial score (nSPS) is 12.0. The van der Waals surface area contributed by atoms with Crippen molar-refractivity contribution in [3.05, 3.63) is 52.8 Å². The van der Waals surface area contributed by atoms with Crippen LogP contribution in [0.25, 0.3) is 0 Å². The van der Waals surface area contributed by atoms with Crippen molar-refractivity contribution in [3.8, 4) is 11.5 Å². The molecule has 0 saturated heterocycles. The van der Waals surface area contributed by atoms with Gasteiger partial charge in [-0.2, -0.15) is 0 Å². The van der Waals surface area contributed by atoms with Crippen LogP contribution >= 0.6 is 0 Å². The largest absolute Gasteiger partial charge is 0.496 e. The number of para-hydroxylation sites is 1. The van der Waals surface area contributed by atoms with Gasteiger partial charge in [0.1, 0.15) is 18.1 Å². The molecule has 0 saturated carbocycles. The molecule has 0 aliphatic heterocycles. The predicted octanol–water partition coefficient (Wildman–Crippen LogP) is 3.31. The molecule has 0 aliphatic rings. The molecule has 21 heavy (non-hydrogen) atoms. The first kappa shape index (κ1) is 15.3. The van der Waals surface area contributed by atoms with Gasteiger partial charge in [-0.1, -0.05) is 18.2 Å². The summed E-state index contributed by atoms with van der Waals surface area (Å²) in [6, 6.07) is 7.75. The smallest absolute Gasteiger partial charge is 0.131 e. The van der Waals surface area contributed by atoms with Gasteiger partial charge in [-0.15, -0.1) is 0 Å². The number of nitrogens with zero attached hydrogens (tertiary/aromatic N) is 1. The van der Waals surface area contributed by atoms with Crippen LogP contribution in [0, 0.1) is 13.8 Å². The predicted molar refractivity (Wildman–Crippen MR) is 83.6 cm³/mol. The highest BCUT2D eigenvalue weighted by atomic mass is 16.5. The highest BCUT2D eigenvalue weighted by molar-refractivity contribution is 5.41. The quantitative estimate of drug-likeness (QED) is 0.916. The van der Waals surface area contributed by atoms with Crippen LogP contribution in [0.4, 0.5) is 0 Å². The summed E-state index contributed by atoms with van der Waals surface area (Å²) in [5, 5.41) is 0. The average molecular weight is 286 g/mol. The van der Waals surface area contributed by atoms with Gasteiger partial charge in [0.05, 0.1) is 12.8 Å². The van der Waals surface area contributed by atoms with E-state index in [9.17, 15) is 0 Å². The highest BCUT2D eigenvalue weighted by Gasteiger charge is 2.12. The van der Waals surface area contributed by atoms with E-state index in [-0.39, 0.29) is 6.04 Å². The second-order valence-electron chi connectivity index (χ2n) is 5.16. The summed E-state index contributed by atoms with van der Waals surface area (Å²) in [6.07, 6.45) is 1.81. The van der Waals surface area contributed by atoms with Gasteiger partial charge in [-0.25, -0.2) is 0 Å². The van der Waals surface area contributed by atoms with Crippen LogP contribution < -0.4 is 15.2 Å². The Hall–Kier alpha value is -2.07. The zero-order chi connectivity index (χ0) is 15.4. The molecule has 1 aromatic heterocycles. The number of pyridine rings is 1. The van der Waals surface area contributed by atoms with E-state index in [1.54, 1.807) is 7.11 Å². The fraction of sp³-hybridized carbons (Fsp3) is 0.353. The fourth-order valence-electron chi connectivity index (χ4n) is 2.35. The molecule has 1 aromatic carbocycles. The summed E-state index contributed by atoms with van der Waals surface area (Å²) < 4.78 is 11.3. The lowest BCUT2D eigenvalue weighted by molar-refractivity contribution is 0.294. The van der Waals surface area contributed by atoms with Crippen LogP contribution in [0.3, 0.4) is 0 Å². The van der Waals surface area contributed by atoms with Crippen molar-refractivity contribution in [2.45, 2.75) is 33.4 Å². The van der Waals surface area contributed by atoms with Gasteiger partial charge in [-0.3, -0.25) is 4.98 Å². The lowest BCUT2D eigenvalue weighted by Gasteiger charge is -2.16. The maximum absolute atomic E-state index is 5.96. The van der Waals surface area contributed by atoms with Crippen molar-refractivity contribution in [1.29, 1.82) is 0 Å². The van der Waals surface area contributed by atoms with Crippen molar-refractivity contribution < 1.29 is 9.47 Å². The Bertz CT molecular complexity index is 624. The standard InChI is InChI=1S/C17H22N2O2/c1-11-9-19-15(12(2)17(11)20-4)10-21-16-8-6-5-7-14(16)13(3)18/h5-9,13H,10,18H2,1-4H3/t13-/m0/s1. The number of hydrogen-bond donors (Lipinski definition) is 1. The molecule has 2 aromatic rings. The summed E-state index contributed by atoms with van der Waals surface area (Å²) >= 11 is 0. The second-order valence-corrected chi connectivity index (χ2v) is 5.16. The molecule has 2 N–H and O–H groups in total. The lowest BCUT2D eigenvalue weighted by Crippen LogP contribution is -2.09. The van der Waals surface area contributed by atoms with Crippen molar-refractivity contribution in [3.63, 3.8) is 0 Å². The Morgan fingerprint density at radius 3 is 2.62 bits per heavy atom. The van der Waals surface area contributed by atoms with Gasteiger partial charge in [0.15, 0.2) is 0 Å². The van der Waals surface area contributed by atoms with E-state index < -0.39 is 0 Å². The SMILES string of the molecule is COc1c(C)cnc(COc2ccccc2[C@H](C)N)c1C. The summed E-state index contributed by atoms with van der Waals surface area (Å²) in [4.78, 5) is 4.44. The average Bonchev–Trinajstić information content (AvgIpc) is 2.47. The number of hydrogen-bond acceptors (Lipinski definition) is 4. The molecular weight excluding hydrogens is 264 g/mol. The van der Waals surface area contributed by atoms with Gasteiger partial charge in [0.2, 0.25) is 0 Å². The Morgan fingerprint density at radius 2 is 1.95 bits per heavy atom. The number of aryl methyl sites for hydroxylation is 1. The molecular formula is C17H22N2O2. The lowest BCUT2D eigenvalue weighted by atomic mass is 10.1. The molecule has 0 spiro atoms. The van der Waals surface area contributed by atoms with E-state index in [1.165, 1.54) is 0 Å². The van der Waals surface area contributed by atoms with Crippen LogP contribution in [0.5, 0.6) is 11.5 Å². The third-order valence-corrected chi connectivity index (χ3v) is 3.52. The number of nitrogens with two attached hydrogens (primary N) is 1. The van der Waals surface area contributed by atoms with Gasteiger partial charge in [0, 0.05) is 28.9 Å². The maximum atomic E-state index is 5.96. The zero-order valence-electron chi connectivity index (χ0n) is 13.0. The zero-order valence-corrected chi connectivity index (χ0v) is 13.0. The molecule has 1 heterocycles. The van der Waals surface area contributed by atoms with Gasteiger partial charge < -0.3 is 15.2 Å². The number of benzene rings is 1. The first-order valence-electron chi connectivity index (χ1n) is 7.01. The molecule has 2 rings (SSSR count). The Morgan fingerprint density at radius 1 is 1.24 bits per heavy atom. The van der Waals surface area contributed by atoms with Crippen molar-refractivity contribution in [2.24, 2.45) is 5.73 Å². The van der Waals surface area contributed by atoms with Crippen molar-refractivity contribution in [1.82, 2.24) is 4.98 Å². The summed E-state index contributed by atoms with van der Waals surface area (Å²) in [6.45, 7) is 6.32. The third kappa shape index (κ3) is 3.34. The Kier molecular flexibility index (Phi) is 4.81. The minimum Gasteiger partial charge on any atom is -0.496 e. The molecule has 4 heteroatoms. The molecule has 0 amide bonds. The van der Waals surface area contributed by atoms with E-state index in [0.29, 0.717) is 6.61 Å².